The Hall–Kier alpha value is -0.560. The molecule has 14 nitrogen and oxygen atoms in total. The molecule has 0 aliphatic carbocycles. The van der Waals surface area contributed by atoms with Crippen molar-refractivity contribution in [2.24, 2.45) is 0 Å². The maximum atomic E-state index is 5.66. The minimum absolute atomic E-state index is 0.0658. The van der Waals surface area contributed by atoms with E-state index in [1.807, 2.05) is 0 Å². The fraction of sp³-hybridized carbons (Fsp3) is 1.00. The highest BCUT2D eigenvalue weighted by atomic mass is 16.7. The van der Waals surface area contributed by atoms with E-state index < -0.39 is 0 Å². The van der Waals surface area contributed by atoms with E-state index in [4.69, 9.17) is 66.3 Å². The lowest BCUT2D eigenvalue weighted by Gasteiger charge is -2.22. The largest absolute Gasteiger partial charge is 0.379 e. The zero-order chi connectivity index (χ0) is 39.1. The SMILES string of the molecule is CCCCCCCCCCCCOCCOCCOCCOCCOCCOCCOCCOCCOCCOCCOCCOCCOC1CCCCO1. The number of rotatable bonds is 48. The molecule has 55 heavy (non-hydrogen) atoms. The maximum Gasteiger partial charge on any atom is 0.157 e. The monoisotopic (exact) mass is 799 g/mol. The lowest BCUT2D eigenvalue weighted by Crippen LogP contribution is -2.24. The summed E-state index contributed by atoms with van der Waals surface area (Å²) in [5, 5.41) is 0. The van der Waals surface area contributed by atoms with Crippen molar-refractivity contribution < 1.29 is 66.3 Å². The highest BCUT2D eigenvalue weighted by Gasteiger charge is 2.13. The summed E-state index contributed by atoms with van der Waals surface area (Å²) >= 11 is 0. The van der Waals surface area contributed by atoms with Crippen molar-refractivity contribution in [1.29, 1.82) is 0 Å². The van der Waals surface area contributed by atoms with Crippen LogP contribution < -0.4 is 0 Å². The number of hydrogen-bond acceptors (Lipinski definition) is 14. The van der Waals surface area contributed by atoms with Gasteiger partial charge in [0, 0.05) is 13.2 Å². The molecule has 1 atom stereocenters. The molecular formula is C41H82O14. The minimum Gasteiger partial charge on any atom is -0.379 e. The smallest absolute Gasteiger partial charge is 0.157 e. The van der Waals surface area contributed by atoms with Gasteiger partial charge in [0.2, 0.25) is 0 Å². The van der Waals surface area contributed by atoms with Gasteiger partial charge in [-0.25, -0.2) is 0 Å². The molecule has 1 rings (SSSR count). The van der Waals surface area contributed by atoms with Gasteiger partial charge >= 0.3 is 0 Å². The Bertz CT molecular complexity index is 689. The van der Waals surface area contributed by atoms with E-state index in [9.17, 15) is 0 Å². The van der Waals surface area contributed by atoms with Crippen LogP contribution in [-0.2, 0) is 66.3 Å². The van der Waals surface area contributed by atoms with E-state index >= 15 is 0 Å². The Labute approximate surface area is 334 Å². The quantitative estimate of drug-likeness (QED) is 0.0704. The molecule has 1 fully saturated rings. The first-order chi connectivity index (χ1) is 27.4. The van der Waals surface area contributed by atoms with E-state index in [1.165, 1.54) is 64.2 Å². The molecule has 0 saturated carbocycles. The average Bonchev–Trinajstić information content (AvgIpc) is 3.21. The predicted molar refractivity (Wildman–Crippen MR) is 211 cm³/mol. The fourth-order valence-corrected chi connectivity index (χ4v) is 5.29. The van der Waals surface area contributed by atoms with Crippen LogP contribution in [0, 0.1) is 0 Å². The molecule has 0 aromatic rings. The van der Waals surface area contributed by atoms with Gasteiger partial charge in [-0.05, 0) is 25.7 Å². The van der Waals surface area contributed by atoms with Crippen LogP contribution in [0.5, 0.6) is 0 Å². The lowest BCUT2D eigenvalue weighted by molar-refractivity contribution is -0.169. The molecule has 1 heterocycles. The number of hydrogen-bond donors (Lipinski definition) is 0. The number of ether oxygens (including phenoxy) is 14. The molecule has 330 valence electrons. The molecule has 1 saturated heterocycles. The van der Waals surface area contributed by atoms with Crippen LogP contribution in [0.15, 0.2) is 0 Å². The Morgan fingerprint density at radius 3 is 0.873 bits per heavy atom. The summed E-state index contributed by atoms with van der Waals surface area (Å²) in [6, 6.07) is 0. The third-order valence-electron chi connectivity index (χ3n) is 8.40. The molecule has 1 aliphatic rings. The summed E-state index contributed by atoms with van der Waals surface area (Å²) in [7, 11) is 0. The van der Waals surface area contributed by atoms with E-state index in [2.05, 4.69) is 6.92 Å². The standard InChI is InChI=1S/C41H82O14/c1-2-3-4-5-6-7-8-9-10-12-15-42-17-18-43-19-20-44-21-22-45-23-24-46-25-26-47-27-28-48-29-30-49-31-32-50-33-34-51-35-36-52-37-38-53-39-40-55-41-14-11-13-16-54-41/h41H,2-40H2,1H3. The second-order valence-corrected chi connectivity index (χ2v) is 13.2. The van der Waals surface area contributed by atoms with E-state index in [1.54, 1.807) is 0 Å². The van der Waals surface area contributed by atoms with Crippen molar-refractivity contribution in [3.63, 3.8) is 0 Å². The van der Waals surface area contributed by atoms with Crippen molar-refractivity contribution in [3.05, 3.63) is 0 Å². The summed E-state index contributed by atoms with van der Waals surface area (Å²) in [4.78, 5) is 0. The van der Waals surface area contributed by atoms with E-state index in [-0.39, 0.29) is 6.29 Å². The van der Waals surface area contributed by atoms with Crippen LogP contribution in [0.2, 0.25) is 0 Å². The van der Waals surface area contributed by atoms with Crippen molar-refractivity contribution >= 4 is 0 Å². The van der Waals surface area contributed by atoms with Crippen molar-refractivity contribution in [2.75, 3.05) is 172 Å². The maximum absolute atomic E-state index is 5.66. The van der Waals surface area contributed by atoms with Crippen molar-refractivity contribution in [3.8, 4) is 0 Å². The molecule has 1 unspecified atom stereocenters. The molecule has 0 spiro atoms. The van der Waals surface area contributed by atoms with Gasteiger partial charge in [-0.15, -0.1) is 0 Å². The van der Waals surface area contributed by atoms with Crippen LogP contribution in [0.4, 0.5) is 0 Å². The summed E-state index contributed by atoms with van der Waals surface area (Å²) in [6.07, 6.45) is 16.6. The van der Waals surface area contributed by atoms with Gasteiger partial charge in [0.1, 0.15) is 0 Å². The third kappa shape index (κ3) is 44.4. The first kappa shape index (κ1) is 52.5. The zero-order valence-corrected chi connectivity index (χ0v) is 34.9. The van der Waals surface area contributed by atoms with E-state index in [0.29, 0.717) is 159 Å². The van der Waals surface area contributed by atoms with Gasteiger partial charge in [-0.1, -0.05) is 64.7 Å². The normalized spacial score (nSPS) is 14.7. The van der Waals surface area contributed by atoms with Gasteiger partial charge < -0.3 is 66.3 Å². The molecule has 0 radical (unpaired) electrons. The predicted octanol–water partition coefficient (Wildman–Crippen LogP) is 5.65. The zero-order valence-electron chi connectivity index (χ0n) is 34.9. The molecule has 0 amide bonds. The summed E-state index contributed by atoms with van der Waals surface area (Å²) < 4.78 is 77.5. The van der Waals surface area contributed by atoms with Crippen molar-refractivity contribution in [2.45, 2.75) is 96.7 Å². The number of unbranched alkanes of at least 4 members (excludes halogenated alkanes) is 9. The molecular weight excluding hydrogens is 716 g/mol. The highest BCUT2D eigenvalue weighted by Crippen LogP contribution is 2.13. The average molecular weight is 799 g/mol. The van der Waals surface area contributed by atoms with Crippen LogP contribution >= 0.6 is 0 Å². The minimum atomic E-state index is -0.0658. The molecule has 1 aliphatic heterocycles. The summed E-state index contributed by atoms with van der Waals surface area (Å²) in [6.45, 7) is 16.8. The molecule has 0 aromatic carbocycles. The fourth-order valence-electron chi connectivity index (χ4n) is 5.29. The Morgan fingerprint density at radius 2 is 0.582 bits per heavy atom. The van der Waals surface area contributed by atoms with Crippen LogP contribution in [0.25, 0.3) is 0 Å². The van der Waals surface area contributed by atoms with Crippen LogP contribution in [-0.4, -0.2) is 178 Å². The third-order valence-corrected chi connectivity index (χ3v) is 8.40. The first-order valence-electron chi connectivity index (χ1n) is 21.6. The summed E-state index contributed by atoms with van der Waals surface area (Å²) in [5.41, 5.74) is 0. The van der Waals surface area contributed by atoms with Gasteiger partial charge in [-0.3, -0.25) is 0 Å². The second kappa shape index (κ2) is 47.8. The summed E-state index contributed by atoms with van der Waals surface area (Å²) in [5.74, 6) is 0. The lowest BCUT2D eigenvalue weighted by atomic mass is 10.1. The molecule has 0 N–H and O–H groups in total. The van der Waals surface area contributed by atoms with Gasteiger partial charge in [0.15, 0.2) is 6.29 Å². The Balaban J connectivity index is 1.59. The highest BCUT2D eigenvalue weighted by molar-refractivity contribution is 4.54. The molecule has 0 bridgehead atoms. The van der Waals surface area contributed by atoms with Gasteiger partial charge in [0.05, 0.1) is 159 Å². The van der Waals surface area contributed by atoms with Gasteiger partial charge in [-0.2, -0.15) is 0 Å². The van der Waals surface area contributed by atoms with Crippen LogP contribution in [0.3, 0.4) is 0 Å². The molecule has 14 heteroatoms. The van der Waals surface area contributed by atoms with E-state index in [0.717, 1.165) is 32.5 Å². The van der Waals surface area contributed by atoms with Crippen molar-refractivity contribution in [1.82, 2.24) is 0 Å². The Kier molecular flexibility index (Phi) is 45.6. The van der Waals surface area contributed by atoms with Gasteiger partial charge in [0.25, 0.3) is 0 Å². The van der Waals surface area contributed by atoms with Crippen LogP contribution in [0.1, 0.15) is 90.4 Å². The first-order valence-corrected chi connectivity index (χ1v) is 21.6. The topological polar surface area (TPSA) is 129 Å². The molecule has 0 aromatic heterocycles. The second-order valence-electron chi connectivity index (χ2n) is 13.2. The Morgan fingerprint density at radius 1 is 0.309 bits per heavy atom.